The molecule has 1 aromatic carbocycles. The van der Waals surface area contributed by atoms with Crippen LogP contribution in [-0.4, -0.2) is 26.0 Å². The van der Waals surface area contributed by atoms with Gasteiger partial charge in [-0.3, -0.25) is 0 Å². The maximum absolute atomic E-state index is 10.8. The van der Waals surface area contributed by atoms with Crippen molar-refractivity contribution in [2.75, 3.05) is 14.2 Å². The summed E-state index contributed by atoms with van der Waals surface area (Å²) in [4.78, 5) is 10.8. The maximum Gasteiger partial charge on any atom is 0.332 e. The fraction of sp³-hybridized carbons (Fsp3) is 0.385. The van der Waals surface area contributed by atoms with Crippen molar-refractivity contribution >= 4 is 11.7 Å². The number of urea groups is 1. The van der Waals surface area contributed by atoms with Crippen molar-refractivity contribution in [3.05, 3.63) is 23.3 Å². The van der Waals surface area contributed by atoms with Gasteiger partial charge in [-0.25, -0.2) is 10.2 Å². The van der Waals surface area contributed by atoms with E-state index < -0.39 is 6.03 Å². The Morgan fingerprint density at radius 3 is 2.58 bits per heavy atom. The molecule has 0 fully saturated rings. The van der Waals surface area contributed by atoms with E-state index in [0.29, 0.717) is 0 Å². The number of amides is 2. The van der Waals surface area contributed by atoms with Crippen molar-refractivity contribution in [3.63, 3.8) is 0 Å². The molecule has 6 heteroatoms. The van der Waals surface area contributed by atoms with Gasteiger partial charge in [0.15, 0.2) is 0 Å². The fourth-order valence-electron chi connectivity index (χ4n) is 2.33. The van der Waals surface area contributed by atoms with Crippen LogP contribution in [0.3, 0.4) is 0 Å². The first kappa shape index (κ1) is 13.2. The van der Waals surface area contributed by atoms with Crippen LogP contribution in [0.2, 0.25) is 0 Å². The molecule has 19 heavy (non-hydrogen) atoms. The number of hydrogen-bond donors (Lipinski definition) is 2. The Kier molecular flexibility index (Phi) is 3.89. The molecule has 0 saturated carbocycles. The van der Waals surface area contributed by atoms with Gasteiger partial charge in [0.05, 0.1) is 19.9 Å². The van der Waals surface area contributed by atoms with Gasteiger partial charge in [-0.1, -0.05) is 0 Å². The number of carbonyl (C=O) groups is 1. The lowest BCUT2D eigenvalue weighted by Crippen LogP contribution is -2.27. The molecule has 102 valence electrons. The second-order valence-electron chi connectivity index (χ2n) is 4.21. The Hall–Kier alpha value is -2.24. The molecule has 0 radical (unpaired) electrons. The number of ether oxygens (including phenoxy) is 2. The van der Waals surface area contributed by atoms with E-state index in [1.54, 1.807) is 14.2 Å². The highest BCUT2D eigenvalue weighted by Crippen LogP contribution is 2.36. The first-order chi connectivity index (χ1) is 9.17. The molecule has 0 spiro atoms. The quantitative estimate of drug-likeness (QED) is 0.808. The van der Waals surface area contributed by atoms with E-state index in [0.717, 1.165) is 47.6 Å². The zero-order valence-corrected chi connectivity index (χ0v) is 11.0. The standard InChI is InChI=1S/C13H17N3O3/c1-18-10-6-7-11(19-2)12-8(10)4-3-5-9(12)15-16-13(14)17/h6-7H,3-5H2,1-2H3,(H3,14,16,17)/b15-9+. The molecule has 0 atom stereocenters. The molecule has 0 heterocycles. The van der Waals surface area contributed by atoms with E-state index >= 15 is 0 Å². The number of carbonyl (C=O) groups excluding carboxylic acids is 1. The maximum atomic E-state index is 10.8. The molecule has 0 bridgehead atoms. The number of nitrogens with one attached hydrogen (secondary N) is 1. The molecule has 2 rings (SSSR count). The monoisotopic (exact) mass is 263 g/mol. The predicted molar refractivity (Wildman–Crippen MR) is 71.7 cm³/mol. The molecule has 0 saturated heterocycles. The molecular formula is C13H17N3O3. The van der Waals surface area contributed by atoms with Gasteiger partial charge in [0.2, 0.25) is 0 Å². The lowest BCUT2D eigenvalue weighted by atomic mass is 9.88. The van der Waals surface area contributed by atoms with E-state index in [9.17, 15) is 4.79 Å². The van der Waals surface area contributed by atoms with Crippen molar-refractivity contribution < 1.29 is 14.3 Å². The summed E-state index contributed by atoms with van der Waals surface area (Å²) < 4.78 is 10.7. The van der Waals surface area contributed by atoms with Crippen LogP contribution < -0.4 is 20.6 Å². The number of rotatable bonds is 3. The minimum Gasteiger partial charge on any atom is -0.496 e. The number of nitrogens with two attached hydrogens (primary N) is 1. The smallest absolute Gasteiger partial charge is 0.332 e. The number of primary amides is 1. The number of fused-ring (bicyclic) bond motifs is 1. The Bertz CT molecular complexity index is 526. The van der Waals surface area contributed by atoms with Gasteiger partial charge in [0.25, 0.3) is 0 Å². The summed E-state index contributed by atoms with van der Waals surface area (Å²) >= 11 is 0. The first-order valence-electron chi connectivity index (χ1n) is 6.03. The van der Waals surface area contributed by atoms with Crippen LogP contribution in [0.1, 0.15) is 24.0 Å². The minimum atomic E-state index is -0.679. The minimum absolute atomic E-state index is 0.679. The Labute approximate surface area is 111 Å². The number of nitrogens with zero attached hydrogens (tertiary/aromatic N) is 1. The molecule has 0 aliphatic heterocycles. The lowest BCUT2D eigenvalue weighted by Gasteiger charge is -2.22. The van der Waals surface area contributed by atoms with E-state index in [-0.39, 0.29) is 0 Å². The largest absolute Gasteiger partial charge is 0.496 e. The summed E-state index contributed by atoms with van der Waals surface area (Å²) in [6, 6.07) is 3.03. The zero-order chi connectivity index (χ0) is 13.8. The van der Waals surface area contributed by atoms with Gasteiger partial charge in [0.1, 0.15) is 11.5 Å². The third-order valence-electron chi connectivity index (χ3n) is 3.10. The van der Waals surface area contributed by atoms with Crippen molar-refractivity contribution in [3.8, 4) is 11.5 Å². The van der Waals surface area contributed by atoms with Crippen LogP contribution in [0, 0.1) is 0 Å². The van der Waals surface area contributed by atoms with Gasteiger partial charge in [-0.05, 0) is 31.4 Å². The summed E-state index contributed by atoms with van der Waals surface area (Å²) in [6.45, 7) is 0. The van der Waals surface area contributed by atoms with Crippen LogP contribution >= 0.6 is 0 Å². The molecule has 2 amide bonds. The Balaban J connectivity index is 2.51. The van der Waals surface area contributed by atoms with E-state index in [1.165, 1.54) is 0 Å². The first-order valence-corrected chi connectivity index (χ1v) is 6.03. The molecule has 1 aliphatic rings. The van der Waals surface area contributed by atoms with E-state index in [2.05, 4.69) is 10.5 Å². The van der Waals surface area contributed by atoms with Crippen LogP contribution in [0.4, 0.5) is 4.79 Å². The van der Waals surface area contributed by atoms with Crippen molar-refractivity contribution in [1.82, 2.24) is 5.43 Å². The average molecular weight is 263 g/mol. The van der Waals surface area contributed by atoms with Gasteiger partial charge < -0.3 is 15.2 Å². The normalized spacial score (nSPS) is 15.8. The van der Waals surface area contributed by atoms with Crippen LogP contribution in [0.5, 0.6) is 11.5 Å². The number of methoxy groups -OCH3 is 2. The second kappa shape index (κ2) is 5.60. The third kappa shape index (κ3) is 2.62. The molecular weight excluding hydrogens is 246 g/mol. The second-order valence-corrected chi connectivity index (χ2v) is 4.21. The zero-order valence-electron chi connectivity index (χ0n) is 11.0. The third-order valence-corrected chi connectivity index (χ3v) is 3.10. The fourth-order valence-corrected chi connectivity index (χ4v) is 2.33. The lowest BCUT2D eigenvalue weighted by molar-refractivity contribution is 0.249. The average Bonchev–Trinajstić information content (AvgIpc) is 2.43. The molecule has 1 aromatic rings. The Morgan fingerprint density at radius 1 is 1.26 bits per heavy atom. The summed E-state index contributed by atoms with van der Waals surface area (Å²) in [5.41, 5.74) is 10.0. The number of benzene rings is 1. The van der Waals surface area contributed by atoms with Crippen molar-refractivity contribution in [2.45, 2.75) is 19.3 Å². The highest BCUT2D eigenvalue weighted by Gasteiger charge is 2.23. The number of hydrogen-bond acceptors (Lipinski definition) is 4. The van der Waals surface area contributed by atoms with E-state index in [4.69, 9.17) is 15.2 Å². The highest BCUT2D eigenvalue weighted by atomic mass is 16.5. The molecule has 0 unspecified atom stereocenters. The van der Waals surface area contributed by atoms with Crippen molar-refractivity contribution in [2.24, 2.45) is 10.8 Å². The van der Waals surface area contributed by atoms with Gasteiger partial charge in [-0.2, -0.15) is 5.10 Å². The van der Waals surface area contributed by atoms with Gasteiger partial charge in [0, 0.05) is 11.1 Å². The van der Waals surface area contributed by atoms with Gasteiger partial charge in [-0.15, -0.1) is 0 Å². The van der Waals surface area contributed by atoms with Crippen LogP contribution in [-0.2, 0) is 6.42 Å². The SMILES string of the molecule is COc1ccc(OC)c2c1CCC/C2=N\NC(N)=O. The topological polar surface area (TPSA) is 85.9 Å². The molecule has 0 aromatic heterocycles. The summed E-state index contributed by atoms with van der Waals surface area (Å²) in [6.07, 6.45) is 2.60. The summed E-state index contributed by atoms with van der Waals surface area (Å²) in [7, 11) is 3.24. The van der Waals surface area contributed by atoms with Crippen molar-refractivity contribution in [1.29, 1.82) is 0 Å². The summed E-state index contributed by atoms with van der Waals surface area (Å²) in [5.74, 6) is 1.53. The Morgan fingerprint density at radius 2 is 1.95 bits per heavy atom. The summed E-state index contributed by atoms with van der Waals surface area (Å²) in [5, 5.41) is 4.06. The molecule has 3 N–H and O–H groups in total. The molecule has 1 aliphatic carbocycles. The van der Waals surface area contributed by atoms with Crippen LogP contribution in [0.15, 0.2) is 17.2 Å². The highest BCUT2D eigenvalue weighted by molar-refractivity contribution is 6.05. The van der Waals surface area contributed by atoms with Gasteiger partial charge >= 0.3 is 6.03 Å². The number of hydrazone groups is 1. The molecule has 6 nitrogen and oxygen atoms in total. The van der Waals surface area contributed by atoms with Crippen LogP contribution in [0.25, 0.3) is 0 Å². The predicted octanol–water partition coefficient (Wildman–Crippen LogP) is 1.41. The van der Waals surface area contributed by atoms with E-state index in [1.807, 2.05) is 12.1 Å².